The van der Waals surface area contributed by atoms with Crippen molar-refractivity contribution in [3.05, 3.63) is 41.5 Å². The fourth-order valence-corrected chi connectivity index (χ4v) is 1.89. The van der Waals surface area contributed by atoms with Gasteiger partial charge >= 0.3 is 0 Å². The maximum absolute atomic E-state index is 5.82. The average molecular weight is 289 g/mol. The van der Waals surface area contributed by atoms with Crippen LogP contribution in [0.15, 0.2) is 28.8 Å². The highest BCUT2D eigenvalue weighted by molar-refractivity contribution is 5.33. The van der Waals surface area contributed by atoms with Gasteiger partial charge < -0.3 is 14.6 Å². The predicted molar refractivity (Wildman–Crippen MR) is 81.2 cm³/mol. The number of ether oxygens (including phenoxy) is 1. The fraction of sp³-hybridized carbons (Fsp3) is 0.500. The van der Waals surface area contributed by atoms with E-state index in [2.05, 4.69) is 28.4 Å². The van der Waals surface area contributed by atoms with Gasteiger partial charge in [-0.25, -0.2) is 0 Å². The fourth-order valence-electron chi connectivity index (χ4n) is 1.89. The van der Waals surface area contributed by atoms with Gasteiger partial charge in [-0.05, 0) is 19.0 Å². The molecule has 0 aliphatic carbocycles. The summed E-state index contributed by atoms with van der Waals surface area (Å²) in [6, 6.07) is 8.01. The van der Waals surface area contributed by atoms with Gasteiger partial charge in [-0.2, -0.15) is 4.98 Å². The van der Waals surface area contributed by atoms with Crippen LogP contribution in [0.25, 0.3) is 0 Å². The van der Waals surface area contributed by atoms with Crippen LogP contribution < -0.4 is 10.1 Å². The molecule has 0 unspecified atom stereocenters. The smallest absolute Gasteiger partial charge is 0.229 e. The molecule has 2 aromatic rings. The monoisotopic (exact) mass is 289 g/mol. The molecule has 114 valence electrons. The van der Waals surface area contributed by atoms with Gasteiger partial charge in [0.25, 0.3) is 0 Å². The molecule has 1 aromatic heterocycles. The number of aromatic nitrogens is 2. The Morgan fingerprint density at radius 3 is 2.81 bits per heavy atom. The number of hydrogen-bond donors (Lipinski definition) is 1. The maximum Gasteiger partial charge on any atom is 0.229 e. The minimum Gasteiger partial charge on any atom is -0.485 e. The van der Waals surface area contributed by atoms with E-state index in [1.807, 2.05) is 32.0 Å². The minimum atomic E-state index is 0.233. The molecule has 1 N–H and O–H groups in total. The highest BCUT2D eigenvalue weighted by Gasteiger charge is 2.11. The SMILES string of the molecule is CCCNCc1ccccc1OCc1noc(C(C)C)n1. The molecule has 1 aromatic carbocycles. The van der Waals surface area contributed by atoms with Crippen LogP contribution in [0.2, 0.25) is 0 Å². The molecule has 0 bridgehead atoms. The molecule has 0 saturated carbocycles. The summed E-state index contributed by atoms with van der Waals surface area (Å²) in [7, 11) is 0. The van der Waals surface area contributed by atoms with Gasteiger partial charge in [-0.15, -0.1) is 0 Å². The van der Waals surface area contributed by atoms with Crippen molar-refractivity contribution >= 4 is 0 Å². The molecule has 0 amide bonds. The first kappa shape index (κ1) is 15.5. The van der Waals surface area contributed by atoms with Crippen LogP contribution in [0.4, 0.5) is 0 Å². The normalized spacial score (nSPS) is 11.0. The van der Waals surface area contributed by atoms with E-state index >= 15 is 0 Å². The van der Waals surface area contributed by atoms with Crippen LogP contribution >= 0.6 is 0 Å². The lowest BCUT2D eigenvalue weighted by molar-refractivity contribution is 0.281. The van der Waals surface area contributed by atoms with Gasteiger partial charge in [-0.1, -0.05) is 44.1 Å². The summed E-state index contributed by atoms with van der Waals surface area (Å²) in [6.07, 6.45) is 1.11. The summed E-state index contributed by atoms with van der Waals surface area (Å²) in [4.78, 5) is 4.31. The van der Waals surface area contributed by atoms with Gasteiger partial charge in [0, 0.05) is 18.0 Å². The largest absolute Gasteiger partial charge is 0.485 e. The maximum atomic E-state index is 5.82. The quantitative estimate of drug-likeness (QED) is 0.756. The van der Waals surface area contributed by atoms with E-state index in [-0.39, 0.29) is 5.92 Å². The first-order valence-electron chi connectivity index (χ1n) is 7.44. The zero-order valence-electron chi connectivity index (χ0n) is 12.9. The Balaban J connectivity index is 1.95. The van der Waals surface area contributed by atoms with E-state index in [0.717, 1.165) is 30.8 Å². The number of nitrogens with one attached hydrogen (secondary N) is 1. The van der Waals surface area contributed by atoms with E-state index in [0.29, 0.717) is 18.3 Å². The Labute approximate surface area is 125 Å². The Kier molecular flexibility index (Phi) is 5.75. The van der Waals surface area contributed by atoms with Crippen molar-refractivity contribution in [3.8, 4) is 5.75 Å². The second-order valence-electron chi connectivity index (χ2n) is 5.28. The van der Waals surface area contributed by atoms with Crippen LogP contribution in [0.1, 0.15) is 50.4 Å². The number of nitrogens with zero attached hydrogens (tertiary/aromatic N) is 2. The molecule has 0 saturated heterocycles. The Morgan fingerprint density at radius 2 is 2.10 bits per heavy atom. The molecule has 21 heavy (non-hydrogen) atoms. The van der Waals surface area contributed by atoms with E-state index in [1.54, 1.807) is 0 Å². The van der Waals surface area contributed by atoms with Crippen LogP contribution in [0.5, 0.6) is 5.75 Å². The number of hydrogen-bond acceptors (Lipinski definition) is 5. The summed E-state index contributed by atoms with van der Waals surface area (Å²) < 4.78 is 11.0. The first-order valence-corrected chi connectivity index (χ1v) is 7.44. The van der Waals surface area contributed by atoms with Crippen molar-refractivity contribution in [1.82, 2.24) is 15.5 Å². The van der Waals surface area contributed by atoms with Crippen LogP contribution in [0, 0.1) is 0 Å². The van der Waals surface area contributed by atoms with Gasteiger partial charge in [0.05, 0.1) is 0 Å². The summed E-state index contributed by atoms with van der Waals surface area (Å²) in [5.41, 5.74) is 1.14. The summed E-state index contributed by atoms with van der Waals surface area (Å²) >= 11 is 0. The highest BCUT2D eigenvalue weighted by Crippen LogP contribution is 2.19. The summed E-state index contributed by atoms with van der Waals surface area (Å²) in [5.74, 6) is 2.32. The number of para-hydroxylation sites is 1. The molecule has 0 fully saturated rings. The van der Waals surface area contributed by atoms with Gasteiger partial charge in [0.15, 0.2) is 6.61 Å². The Morgan fingerprint density at radius 1 is 1.29 bits per heavy atom. The molecule has 0 atom stereocenters. The molecule has 0 spiro atoms. The van der Waals surface area contributed by atoms with Gasteiger partial charge in [-0.3, -0.25) is 0 Å². The molecule has 1 heterocycles. The molecule has 5 nitrogen and oxygen atoms in total. The van der Waals surface area contributed by atoms with Crippen molar-refractivity contribution in [2.24, 2.45) is 0 Å². The van der Waals surface area contributed by atoms with E-state index in [4.69, 9.17) is 9.26 Å². The second kappa shape index (κ2) is 7.78. The van der Waals surface area contributed by atoms with E-state index in [1.165, 1.54) is 0 Å². The zero-order valence-corrected chi connectivity index (χ0v) is 12.9. The molecule has 0 aliphatic rings. The van der Waals surface area contributed by atoms with Crippen molar-refractivity contribution in [1.29, 1.82) is 0 Å². The van der Waals surface area contributed by atoms with Gasteiger partial charge in [0.2, 0.25) is 11.7 Å². The summed E-state index contributed by atoms with van der Waals surface area (Å²) in [5, 5.41) is 7.31. The molecular weight excluding hydrogens is 266 g/mol. The molecule has 0 aliphatic heterocycles. The molecule has 2 rings (SSSR count). The molecule has 5 heteroatoms. The van der Waals surface area contributed by atoms with E-state index in [9.17, 15) is 0 Å². The third-order valence-corrected chi connectivity index (χ3v) is 3.05. The zero-order chi connectivity index (χ0) is 15.1. The van der Waals surface area contributed by atoms with Crippen LogP contribution in [-0.2, 0) is 13.2 Å². The number of benzene rings is 1. The van der Waals surface area contributed by atoms with Crippen LogP contribution in [-0.4, -0.2) is 16.7 Å². The van der Waals surface area contributed by atoms with Crippen molar-refractivity contribution in [2.75, 3.05) is 6.54 Å². The lowest BCUT2D eigenvalue weighted by atomic mass is 10.2. The van der Waals surface area contributed by atoms with Crippen molar-refractivity contribution < 1.29 is 9.26 Å². The number of rotatable bonds is 8. The topological polar surface area (TPSA) is 60.2 Å². The van der Waals surface area contributed by atoms with Crippen molar-refractivity contribution in [3.63, 3.8) is 0 Å². The first-order chi connectivity index (χ1) is 10.2. The lowest BCUT2D eigenvalue weighted by Crippen LogP contribution is -2.14. The van der Waals surface area contributed by atoms with Crippen molar-refractivity contribution in [2.45, 2.75) is 46.3 Å². The average Bonchev–Trinajstić information content (AvgIpc) is 2.96. The lowest BCUT2D eigenvalue weighted by Gasteiger charge is -2.10. The highest BCUT2D eigenvalue weighted by atomic mass is 16.5. The standard InChI is InChI=1S/C16H23N3O2/c1-4-9-17-10-13-7-5-6-8-14(13)20-11-15-18-16(12(2)3)21-19-15/h5-8,12,17H,4,9-11H2,1-3H3. The molecular formula is C16H23N3O2. The Bertz CT molecular complexity index is 552. The molecule has 0 radical (unpaired) electrons. The summed E-state index contributed by atoms with van der Waals surface area (Å²) in [6.45, 7) is 8.31. The third-order valence-electron chi connectivity index (χ3n) is 3.05. The Hall–Kier alpha value is -1.88. The van der Waals surface area contributed by atoms with E-state index < -0.39 is 0 Å². The third kappa shape index (κ3) is 4.56. The minimum absolute atomic E-state index is 0.233. The van der Waals surface area contributed by atoms with Gasteiger partial charge in [0.1, 0.15) is 5.75 Å². The second-order valence-corrected chi connectivity index (χ2v) is 5.28. The predicted octanol–water partition coefficient (Wildman–Crippen LogP) is 3.27. The van der Waals surface area contributed by atoms with Crippen LogP contribution in [0.3, 0.4) is 0 Å².